The second-order valence-electron chi connectivity index (χ2n) is 5.33. The van der Waals surface area contributed by atoms with E-state index in [0.29, 0.717) is 12.1 Å². The second kappa shape index (κ2) is 7.96. The van der Waals surface area contributed by atoms with Crippen LogP contribution in [0.5, 0.6) is 0 Å². The molecule has 0 aliphatic carbocycles. The molecule has 3 atom stereocenters. The minimum atomic E-state index is 0.470. The molecule has 102 valence electrons. The van der Waals surface area contributed by atoms with Crippen molar-refractivity contribution in [2.24, 2.45) is 5.92 Å². The zero-order chi connectivity index (χ0) is 13.5. The molecule has 0 saturated carbocycles. The van der Waals surface area contributed by atoms with E-state index in [9.17, 15) is 0 Å². The van der Waals surface area contributed by atoms with Crippen LogP contribution in [0.1, 0.15) is 58.6 Å². The zero-order valence-corrected chi connectivity index (χ0v) is 13.6. The molecule has 18 heavy (non-hydrogen) atoms. The van der Waals surface area contributed by atoms with Gasteiger partial charge < -0.3 is 5.32 Å². The third kappa shape index (κ3) is 5.11. The molecule has 3 unspecified atom stereocenters. The topological polar surface area (TPSA) is 12.0 Å². The Morgan fingerprint density at radius 2 is 1.67 bits per heavy atom. The van der Waals surface area contributed by atoms with E-state index in [4.69, 9.17) is 0 Å². The van der Waals surface area contributed by atoms with Crippen molar-refractivity contribution in [1.29, 1.82) is 0 Å². The fraction of sp³-hybridized carbons (Fsp3) is 0.625. The molecule has 0 aromatic heterocycles. The molecule has 0 saturated heterocycles. The maximum Gasteiger partial charge on any atom is 0.0319 e. The quantitative estimate of drug-likeness (QED) is 0.719. The lowest BCUT2D eigenvalue weighted by Crippen LogP contribution is -2.31. The summed E-state index contributed by atoms with van der Waals surface area (Å²) in [7, 11) is 0. The Kier molecular flexibility index (Phi) is 6.95. The fourth-order valence-electron chi connectivity index (χ4n) is 2.33. The van der Waals surface area contributed by atoms with Crippen molar-refractivity contribution in [2.45, 2.75) is 59.0 Å². The summed E-state index contributed by atoms with van der Waals surface area (Å²) in [5, 5.41) is 3.75. The average molecular weight is 312 g/mol. The third-order valence-electron chi connectivity index (χ3n) is 3.62. The Balaban J connectivity index is 2.58. The van der Waals surface area contributed by atoms with Crippen LogP contribution >= 0.6 is 15.9 Å². The molecule has 0 amide bonds. The van der Waals surface area contributed by atoms with Crippen LogP contribution in [0.25, 0.3) is 0 Å². The normalized spacial score (nSPS) is 16.3. The molecule has 2 heteroatoms. The van der Waals surface area contributed by atoms with Crippen molar-refractivity contribution in [3.8, 4) is 0 Å². The van der Waals surface area contributed by atoms with Gasteiger partial charge in [0.15, 0.2) is 0 Å². The lowest BCUT2D eigenvalue weighted by molar-refractivity contribution is 0.371. The molecule has 0 fully saturated rings. The highest BCUT2D eigenvalue weighted by Crippen LogP contribution is 2.21. The van der Waals surface area contributed by atoms with Crippen LogP contribution in [-0.2, 0) is 0 Å². The molecule has 1 aromatic carbocycles. The monoisotopic (exact) mass is 311 g/mol. The molecule has 0 heterocycles. The van der Waals surface area contributed by atoms with Gasteiger partial charge in [-0.1, -0.05) is 55.3 Å². The summed E-state index contributed by atoms with van der Waals surface area (Å²) in [6, 6.07) is 9.71. The van der Waals surface area contributed by atoms with Gasteiger partial charge in [-0.05, 0) is 43.4 Å². The van der Waals surface area contributed by atoms with Crippen LogP contribution in [0.3, 0.4) is 0 Å². The summed E-state index contributed by atoms with van der Waals surface area (Å²) in [5.41, 5.74) is 1.39. The Morgan fingerprint density at radius 1 is 1.06 bits per heavy atom. The summed E-state index contributed by atoms with van der Waals surface area (Å²) >= 11 is 3.49. The SMILES string of the molecule is CCC(C)CC(C)NC(CC)c1ccc(Br)cc1. The third-order valence-corrected chi connectivity index (χ3v) is 4.15. The lowest BCUT2D eigenvalue weighted by atomic mass is 9.98. The number of halogens is 1. The standard InChI is InChI=1S/C16H26BrN/c1-5-12(3)11-13(4)18-16(6-2)14-7-9-15(17)10-8-14/h7-10,12-13,16,18H,5-6,11H2,1-4H3. The maximum atomic E-state index is 3.75. The highest BCUT2D eigenvalue weighted by atomic mass is 79.9. The van der Waals surface area contributed by atoms with E-state index in [2.05, 4.69) is 73.2 Å². The van der Waals surface area contributed by atoms with Crippen LogP contribution in [0.4, 0.5) is 0 Å². The highest BCUT2D eigenvalue weighted by Gasteiger charge is 2.14. The Morgan fingerprint density at radius 3 is 2.17 bits per heavy atom. The van der Waals surface area contributed by atoms with E-state index in [0.717, 1.165) is 16.8 Å². The minimum Gasteiger partial charge on any atom is -0.307 e. The summed E-state index contributed by atoms with van der Waals surface area (Å²) in [4.78, 5) is 0. The van der Waals surface area contributed by atoms with Gasteiger partial charge in [0.2, 0.25) is 0 Å². The second-order valence-corrected chi connectivity index (χ2v) is 6.24. The smallest absolute Gasteiger partial charge is 0.0319 e. The highest BCUT2D eigenvalue weighted by molar-refractivity contribution is 9.10. The van der Waals surface area contributed by atoms with Gasteiger partial charge in [-0.25, -0.2) is 0 Å². The first-order chi connectivity index (χ1) is 8.56. The van der Waals surface area contributed by atoms with E-state index >= 15 is 0 Å². The van der Waals surface area contributed by atoms with Gasteiger partial charge in [0.05, 0.1) is 0 Å². The fourth-order valence-corrected chi connectivity index (χ4v) is 2.59. The molecule has 0 aliphatic heterocycles. The van der Waals surface area contributed by atoms with Crippen LogP contribution < -0.4 is 5.32 Å². The van der Waals surface area contributed by atoms with E-state index in [-0.39, 0.29) is 0 Å². The number of hydrogen-bond acceptors (Lipinski definition) is 1. The number of rotatable bonds is 7. The van der Waals surface area contributed by atoms with Crippen LogP contribution in [0, 0.1) is 5.92 Å². The van der Waals surface area contributed by atoms with E-state index in [1.807, 2.05) is 0 Å². The van der Waals surface area contributed by atoms with Crippen molar-refractivity contribution in [3.05, 3.63) is 34.3 Å². The van der Waals surface area contributed by atoms with E-state index in [1.54, 1.807) is 0 Å². The molecule has 1 aromatic rings. The number of hydrogen-bond donors (Lipinski definition) is 1. The number of benzene rings is 1. The molecule has 1 nitrogen and oxygen atoms in total. The van der Waals surface area contributed by atoms with Gasteiger partial charge in [-0.2, -0.15) is 0 Å². The number of nitrogens with one attached hydrogen (secondary N) is 1. The average Bonchev–Trinajstić information content (AvgIpc) is 2.37. The predicted octanol–water partition coefficient (Wildman–Crippen LogP) is 5.31. The van der Waals surface area contributed by atoms with Gasteiger partial charge in [0.1, 0.15) is 0 Å². The minimum absolute atomic E-state index is 0.470. The lowest BCUT2D eigenvalue weighted by Gasteiger charge is -2.24. The van der Waals surface area contributed by atoms with Gasteiger partial charge in [0.25, 0.3) is 0 Å². The van der Waals surface area contributed by atoms with Gasteiger partial charge in [0, 0.05) is 16.6 Å². The van der Waals surface area contributed by atoms with Gasteiger partial charge in [-0.15, -0.1) is 0 Å². The van der Waals surface area contributed by atoms with Gasteiger partial charge in [-0.3, -0.25) is 0 Å². The van der Waals surface area contributed by atoms with Crippen molar-refractivity contribution in [1.82, 2.24) is 5.32 Å². The van der Waals surface area contributed by atoms with E-state index in [1.165, 1.54) is 18.4 Å². The first kappa shape index (κ1) is 15.7. The Bertz CT molecular complexity index is 333. The first-order valence-electron chi connectivity index (χ1n) is 7.08. The molecule has 0 aliphatic rings. The molecule has 0 spiro atoms. The summed E-state index contributed by atoms with van der Waals surface area (Å²) in [6.45, 7) is 9.14. The van der Waals surface area contributed by atoms with Crippen LogP contribution in [0.15, 0.2) is 28.7 Å². The van der Waals surface area contributed by atoms with Gasteiger partial charge >= 0.3 is 0 Å². The van der Waals surface area contributed by atoms with Crippen molar-refractivity contribution < 1.29 is 0 Å². The van der Waals surface area contributed by atoms with Crippen LogP contribution in [0.2, 0.25) is 0 Å². The summed E-state index contributed by atoms with van der Waals surface area (Å²) < 4.78 is 1.15. The van der Waals surface area contributed by atoms with Crippen LogP contribution in [-0.4, -0.2) is 6.04 Å². The molecule has 1 N–H and O–H groups in total. The molecule has 0 radical (unpaired) electrons. The molecule has 0 bridgehead atoms. The predicted molar refractivity (Wildman–Crippen MR) is 83.8 cm³/mol. The first-order valence-corrected chi connectivity index (χ1v) is 7.87. The Hall–Kier alpha value is -0.340. The zero-order valence-electron chi connectivity index (χ0n) is 12.0. The largest absolute Gasteiger partial charge is 0.307 e. The van der Waals surface area contributed by atoms with Crippen molar-refractivity contribution >= 4 is 15.9 Å². The van der Waals surface area contributed by atoms with E-state index < -0.39 is 0 Å². The maximum absolute atomic E-state index is 3.75. The summed E-state index contributed by atoms with van der Waals surface area (Å²) in [6.07, 6.45) is 3.65. The molecule has 1 rings (SSSR count). The molecular formula is C16H26BrN. The van der Waals surface area contributed by atoms with Crippen molar-refractivity contribution in [2.75, 3.05) is 0 Å². The Labute approximate surface area is 120 Å². The molecular weight excluding hydrogens is 286 g/mol. The summed E-state index contributed by atoms with van der Waals surface area (Å²) in [5.74, 6) is 0.801. The van der Waals surface area contributed by atoms with Crippen molar-refractivity contribution in [3.63, 3.8) is 0 Å².